The topological polar surface area (TPSA) is 66.5 Å². The molecule has 4 rings (SSSR count). The predicted octanol–water partition coefficient (Wildman–Crippen LogP) is 5.39. The third-order valence-corrected chi connectivity index (χ3v) is 6.87. The number of hydrogen-bond donors (Lipinski definition) is 1. The van der Waals surface area contributed by atoms with Crippen molar-refractivity contribution in [1.29, 1.82) is 0 Å². The number of carbonyl (C=O) groups is 1. The maximum atomic E-state index is 12.6. The van der Waals surface area contributed by atoms with Crippen molar-refractivity contribution < 1.29 is 13.2 Å². The zero-order valence-corrected chi connectivity index (χ0v) is 19.6. The van der Waals surface area contributed by atoms with Crippen LogP contribution in [0.2, 0.25) is 5.02 Å². The molecule has 0 atom stereocenters. The molecule has 0 spiro atoms. The summed E-state index contributed by atoms with van der Waals surface area (Å²) in [6.07, 6.45) is 1.15. The average molecular weight is 479 g/mol. The van der Waals surface area contributed by atoms with Gasteiger partial charge in [-0.1, -0.05) is 66.2 Å². The van der Waals surface area contributed by atoms with Crippen LogP contribution in [0.3, 0.4) is 0 Å². The molecule has 0 aliphatic heterocycles. The smallest absolute Gasteiger partial charge is 0.251 e. The first-order valence-electron chi connectivity index (χ1n) is 10.4. The van der Waals surface area contributed by atoms with Crippen LogP contribution in [0.15, 0.2) is 91.0 Å². The number of hydrogen-bond acceptors (Lipinski definition) is 3. The molecular weight excluding hydrogens is 456 g/mol. The van der Waals surface area contributed by atoms with Crippen molar-refractivity contribution >= 4 is 44.0 Å². The zero-order chi connectivity index (χ0) is 23.4. The number of sulfonamides is 1. The highest BCUT2D eigenvalue weighted by Crippen LogP contribution is 2.24. The van der Waals surface area contributed by atoms with Crippen molar-refractivity contribution in [2.45, 2.75) is 13.1 Å². The van der Waals surface area contributed by atoms with Gasteiger partial charge in [-0.25, -0.2) is 8.42 Å². The van der Waals surface area contributed by atoms with Crippen molar-refractivity contribution in [3.05, 3.63) is 113 Å². The number of benzene rings is 4. The van der Waals surface area contributed by atoms with Gasteiger partial charge in [0.2, 0.25) is 10.0 Å². The van der Waals surface area contributed by atoms with Gasteiger partial charge in [-0.15, -0.1) is 0 Å². The molecule has 0 radical (unpaired) electrons. The molecule has 0 heterocycles. The monoisotopic (exact) mass is 478 g/mol. The first-order valence-corrected chi connectivity index (χ1v) is 12.6. The average Bonchev–Trinajstić information content (AvgIpc) is 2.81. The van der Waals surface area contributed by atoms with E-state index in [9.17, 15) is 13.2 Å². The Balaban J connectivity index is 1.47. The van der Waals surface area contributed by atoms with Crippen molar-refractivity contribution in [2.75, 3.05) is 10.6 Å². The van der Waals surface area contributed by atoms with Crippen LogP contribution in [0.1, 0.15) is 21.5 Å². The van der Waals surface area contributed by atoms with Crippen LogP contribution in [0.4, 0.5) is 5.69 Å². The molecule has 0 aliphatic rings. The lowest BCUT2D eigenvalue weighted by Crippen LogP contribution is -2.29. The minimum absolute atomic E-state index is 0.103. The maximum Gasteiger partial charge on any atom is 0.251 e. The van der Waals surface area contributed by atoms with E-state index in [-0.39, 0.29) is 12.5 Å². The molecule has 4 aromatic carbocycles. The van der Waals surface area contributed by atoms with Crippen LogP contribution >= 0.6 is 11.6 Å². The van der Waals surface area contributed by atoms with Crippen LogP contribution in [-0.4, -0.2) is 20.6 Å². The van der Waals surface area contributed by atoms with E-state index < -0.39 is 10.0 Å². The molecule has 4 aromatic rings. The lowest BCUT2D eigenvalue weighted by molar-refractivity contribution is 0.0951. The number of carbonyl (C=O) groups excluding carboxylic acids is 1. The molecule has 5 nitrogen and oxygen atoms in total. The predicted molar refractivity (Wildman–Crippen MR) is 134 cm³/mol. The lowest BCUT2D eigenvalue weighted by atomic mass is 10.1. The number of halogens is 1. The van der Waals surface area contributed by atoms with Crippen molar-refractivity contribution in [3.63, 3.8) is 0 Å². The Kier molecular flexibility index (Phi) is 6.67. The molecule has 0 fully saturated rings. The van der Waals surface area contributed by atoms with Crippen LogP contribution in [0, 0.1) is 0 Å². The van der Waals surface area contributed by atoms with Crippen molar-refractivity contribution in [1.82, 2.24) is 5.32 Å². The lowest BCUT2D eigenvalue weighted by Gasteiger charge is -2.23. The molecule has 0 aromatic heterocycles. The molecule has 168 valence electrons. The number of amides is 1. The van der Waals surface area contributed by atoms with Crippen LogP contribution in [0.25, 0.3) is 10.8 Å². The Hall–Kier alpha value is -3.35. The maximum absolute atomic E-state index is 12.6. The molecule has 0 unspecified atom stereocenters. The molecule has 0 saturated heterocycles. The summed E-state index contributed by atoms with van der Waals surface area (Å²) in [5.41, 5.74) is 2.61. The summed E-state index contributed by atoms with van der Waals surface area (Å²) in [4.78, 5) is 12.6. The van der Waals surface area contributed by atoms with Gasteiger partial charge < -0.3 is 5.32 Å². The van der Waals surface area contributed by atoms with E-state index in [1.165, 1.54) is 4.31 Å². The van der Waals surface area contributed by atoms with Crippen molar-refractivity contribution in [2.24, 2.45) is 0 Å². The molecule has 1 N–H and O–H groups in total. The summed E-state index contributed by atoms with van der Waals surface area (Å²) in [7, 11) is -3.56. The summed E-state index contributed by atoms with van der Waals surface area (Å²) in [5.74, 6) is -0.230. The number of rotatable bonds is 7. The Morgan fingerprint density at radius 3 is 2.24 bits per heavy atom. The van der Waals surface area contributed by atoms with Gasteiger partial charge >= 0.3 is 0 Å². The van der Waals surface area contributed by atoms with Gasteiger partial charge in [0.25, 0.3) is 5.91 Å². The zero-order valence-electron chi connectivity index (χ0n) is 18.0. The first-order chi connectivity index (χ1) is 15.8. The van der Waals surface area contributed by atoms with Gasteiger partial charge in [-0.05, 0) is 58.3 Å². The highest BCUT2D eigenvalue weighted by molar-refractivity contribution is 7.92. The Morgan fingerprint density at radius 2 is 1.55 bits per heavy atom. The Bertz CT molecular complexity index is 1400. The van der Waals surface area contributed by atoms with Crippen molar-refractivity contribution in [3.8, 4) is 0 Å². The van der Waals surface area contributed by atoms with Crippen LogP contribution < -0.4 is 9.62 Å². The van der Waals surface area contributed by atoms with E-state index in [1.54, 1.807) is 42.5 Å². The summed E-state index contributed by atoms with van der Waals surface area (Å²) < 4.78 is 26.1. The first kappa shape index (κ1) is 22.8. The van der Waals surface area contributed by atoms with Gasteiger partial charge in [0.1, 0.15) is 0 Å². The molecular formula is C26H23ClN2O3S. The van der Waals surface area contributed by atoms with E-state index in [4.69, 9.17) is 11.6 Å². The standard InChI is InChI=1S/C26H23ClN2O3S/c1-33(31,32)29(18-23-8-4-5-9-25(23)27)24-14-12-21(13-15-24)26(30)28-17-19-10-11-20-6-2-3-7-22(20)16-19/h2-16H,17-18H2,1H3,(H,28,30). The minimum atomic E-state index is -3.56. The minimum Gasteiger partial charge on any atom is -0.348 e. The summed E-state index contributed by atoms with van der Waals surface area (Å²) in [6, 6.07) is 27.7. The molecule has 33 heavy (non-hydrogen) atoms. The van der Waals surface area contributed by atoms with Gasteiger partial charge in [0.05, 0.1) is 18.5 Å². The fourth-order valence-electron chi connectivity index (χ4n) is 3.59. The highest BCUT2D eigenvalue weighted by Gasteiger charge is 2.19. The highest BCUT2D eigenvalue weighted by atomic mass is 35.5. The van der Waals surface area contributed by atoms with Crippen LogP contribution in [0.5, 0.6) is 0 Å². The molecule has 0 saturated carbocycles. The largest absolute Gasteiger partial charge is 0.348 e. The number of nitrogens with one attached hydrogen (secondary N) is 1. The fraction of sp³-hybridized carbons (Fsp3) is 0.115. The summed E-state index contributed by atoms with van der Waals surface area (Å²) >= 11 is 6.22. The molecule has 1 amide bonds. The van der Waals surface area contributed by atoms with E-state index in [1.807, 2.05) is 42.5 Å². The summed E-state index contributed by atoms with van der Waals surface area (Å²) in [6.45, 7) is 0.499. The molecule has 0 aliphatic carbocycles. The van der Waals surface area contributed by atoms with Gasteiger partial charge in [-0.3, -0.25) is 9.10 Å². The molecule has 0 bridgehead atoms. The third-order valence-electron chi connectivity index (χ3n) is 5.36. The van der Waals surface area contributed by atoms with Gasteiger partial charge in [-0.2, -0.15) is 0 Å². The van der Waals surface area contributed by atoms with E-state index in [0.29, 0.717) is 28.4 Å². The van der Waals surface area contributed by atoms with E-state index in [0.717, 1.165) is 22.6 Å². The van der Waals surface area contributed by atoms with Gasteiger partial charge in [0.15, 0.2) is 0 Å². The quantitative estimate of drug-likeness (QED) is 0.387. The fourth-order valence-corrected chi connectivity index (χ4v) is 4.67. The second kappa shape index (κ2) is 9.65. The second-order valence-electron chi connectivity index (χ2n) is 7.77. The molecule has 7 heteroatoms. The van der Waals surface area contributed by atoms with Gasteiger partial charge in [0, 0.05) is 17.1 Å². The Morgan fingerprint density at radius 1 is 0.879 bits per heavy atom. The van der Waals surface area contributed by atoms with E-state index in [2.05, 4.69) is 11.4 Å². The number of nitrogens with zero attached hydrogens (tertiary/aromatic N) is 1. The van der Waals surface area contributed by atoms with E-state index >= 15 is 0 Å². The SMILES string of the molecule is CS(=O)(=O)N(Cc1ccccc1Cl)c1ccc(C(=O)NCc2ccc3ccccc3c2)cc1. The number of anilines is 1. The summed E-state index contributed by atoms with van der Waals surface area (Å²) in [5, 5.41) is 5.68. The third kappa shape index (κ3) is 5.53. The number of fused-ring (bicyclic) bond motifs is 1. The second-order valence-corrected chi connectivity index (χ2v) is 10.1. The normalized spacial score (nSPS) is 11.3. The van der Waals surface area contributed by atoms with Crippen LogP contribution in [-0.2, 0) is 23.1 Å². The Labute approximate surface area is 198 Å².